The van der Waals surface area contributed by atoms with Crippen molar-refractivity contribution in [3.63, 3.8) is 0 Å². The van der Waals surface area contributed by atoms with Crippen molar-refractivity contribution in [1.29, 1.82) is 0 Å². The van der Waals surface area contributed by atoms with Crippen LogP contribution in [0.25, 0.3) is 10.2 Å². The molecule has 29 heavy (non-hydrogen) atoms. The Morgan fingerprint density at radius 1 is 1.28 bits per heavy atom. The van der Waals surface area contributed by atoms with Gasteiger partial charge in [-0.05, 0) is 29.8 Å². The average Bonchev–Trinajstić information content (AvgIpc) is 3.11. The summed E-state index contributed by atoms with van der Waals surface area (Å²) in [7, 11) is 0. The Bertz CT molecular complexity index is 1030. The van der Waals surface area contributed by atoms with Crippen LogP contribution >= 0.6 is 11.3 Å². The summed E-state index contributed by atoms with van der Waals surface area (Å²) in [6.45, 7) is 4.31. The van der Waals surface area contributed by atoms with Gasteiger partial charge in [-0.1, -0.05) is 29.5 Å². The number of para-hydroxylation sites is 1. The highest BCUT2D eigenvalue weighted by Gasteiger charge is 2.12. The summed E-state index contributed by atoms with van der Waals surface area (Å²) in [5.41, 5.74) is 4.94. The van der Waals surface area contributed by atoms with Crippen LogP contribution in [-0.2, 0) is 11.3 Å². The molecule has 2 heterocycles. The molecule has 2 amide bonds. The number of carbonyl (C=O) groups excluding carboxylic acids is 1. The van der Waals surface area contributed by atoms with Crippen molar-refractivity contribution in [3.8, 4) is 5.75 Å². The monoisotopic (exact) mass is 411 g/mol. The number of hydrazone groups is 1. The molecule has 1 aliphatic heterocycles. The molecule has 0 atom stereocenters. The second-order valence-electron chi connectivity index (χ2n) is 6.59. The fourth-order valence-electron chi connectivity index (χ4n) is 3.02. The minimum atomic E-state index is -0.496. The molecule has 0 aliphatic carbocycles. The molecule has 0 bridgehead atoms. The van der Waals surface area contributed by atoms with Crippen LogP contribution in [0, 0.1) is 0 Å². The number of nitrogens with zero attached hydrogens (tertiary/aromatic N) is 3. The van der Waals surface area contributed by atoms with Crippen molar-refractivity contribution < 1.29 is 14.6 Å². The molecular weight excluding hydrogens is 390 g/mol. The van der Waals surface area contributed by atoms with Crippen LogP contribution < -0.4 is 10.7 Å². The zero-order valence-corrected chi connectivity index (χ0v) is 16.5. The van der Waals surface area contributed by atoms with Gasteiger partial charge in [-0.3, -0.25) is 10.2 Å². The van der Waals surface area contributed by atoms with Crippen LogP contribution in [0.4, 0.5) is 9.93 Å². The molecule has 0 unspecified atom stereocenters. The molecule has 0 saturated carbocycles. The van der Waals surface area contributed by atoms with Gasteiger partial charge in [0.15, 0.2) is 5.13 Å². The van der Waals surface area contributed by atoms with Gasteiger partial charge in [0.1, 0.15) is 5.75 Å². The van der Waals surface area contributed by atoms with E-state index in [1.54, 1.807) is 24.3 Å². The number of thiazole rings is 1. The lowest BCUT2D eigenvalue weighted by atomic mass is 10.2. The highest BCUT2D eigenvalue weighted by molar-refractivity contribution is 7.22. The Morgan fingerprint density at radius 2 is 2.10 bits per heavy atom. The first-order chi connectivity index (χ1) is 14.2. The maximum Gasteiger partial charge on any atom is 0.341 e. The first-order valence-corrected chi connectivity index (χ1v) is 10.1. The van der Waals surface area contributed by atoms with Crippen LogP contribution in [0.15, 0.2) is 47.6 Å². The van der Waals surface area contributed by atoms with E-state index in [2.05, 4.69) is 37.9 Å². The van der Waals surface area contributed by atoms with E-state index in [9.17, 15) is 9.90 Å². The predicted molar refractivity (Wildman–Crippen MR) is 114 cm³/mol. The van der Waals surface area contributed by atoms with E-state index in [0.29, 0.717) is 10.7 Å². The number of fused-ring (bicyclic) bond motifs is 1. The molecule has 1 saturated heterocycles. The highest BCUT2D eigenvalue weighted by atomic mass is 32.1. The molecule has 150 valence electrons. The summed E-state index contributed by atoms with van der Waals surface area (Å²) in [5.74, 6) is 0.0949. The first-order valence-electron chi connectivity index (χ1n) is 9.25. The summed E-state index contributed by atoms with van der Waals surface area (Å²) in [6, 6.07) is 12.4. The zero-order valence-electron chi connectivity index (χ0n) is 15.7. The molecule has 4 rings (SSSR count). The van der Waals surface area contributed by atoms with Crippen molar-refractivity contribution in [3.05, 3.63) is 53.6 Å². The SMILES string of the molecule is O=C(N/N=C/c1ccccc1O)Nc1nc2ccc(CN3CCOCC3)cc2s1. The van der Waals surface area contributed by atoms with Crippen molar-refractivity contribution in [2.75, 3.05) is 31.6 Å². The van der Waals surface area contributed by atoms with E-state index in [1.807, 2.05) is 6.07 Å². The molecule has 0 spiro atoms. The van der Waals surface area contributed by atoms with E-state index in [-0.39, 0.29) is 5.75 Å². The van der Waals surface area contributed by atoms with Gasteiger partial charge in [-0.2, -0.15) is 5.10 Å². The molecule has 8 nitrogen and oxygen atoms in total. The third-order valence-electron chi connectivity index (χ3n) is 4.49. The predicted octanol–water partition coefficient (Wildman–Crippen LogP) is 2.99. The Kier molecular flexibility index (Phi) is 5.99. The van der Waals surface area contributed by atoms with Gasteiger partial charge in [-0.25, -0.2) is 15.2 Å². The molecule has 1 fully saturated rings. The second kappa shape index (κ2) is 8.99. The maximum absolute atomic E-state index is 12.0. The number of urea groups is 1. The van der Waals surface area contributed by atoms with E-state index >= 15 is 0 Å². The molecule has 0 radical (unpaired) electrons. The summed E-state index contributed by atoms with van der Waals surface area (Å²) in [5, 5.41) is 16.7. The number of carbonyl (C=O) groups is 1. The average molecular weight is 411 g/mol. The van der Waals surface area contributed by atoms with Crippen molar-refractivity contribution in [2.45, 2.75) is 6.54 Å². The molecule has 2 aromatic carbocycles. The van der Waals surface area contributed by atoms with E-state index in [4.69, 9.17) is 4.74 Å². The summed E-state index contributed by atoms with van der Waals surface area (Å²) < 4.78 is 6.41. The normalized spacial score (nSPS) is 15.0. The fraction of sp³-hybridized carbons (Fsp3) is 0.250. The minimum Gasteiger partial charge on any atom is -0.507 e. The Hall–Kier alpha value is -3.01. The summed E-state index contributed by atoms with van der Waals surface area (Å²) in [4.78, 5) is 18.8. The van der Waals surface area contributed by atoms with Crippen LogP contribution in [0.1, 0.15) is 11.1 Å². The lowest BCUT2D eigenvalue weighted by molar-refractivity contribution is 0.0342. The molecule has 9 heteroatoms. The largest absolute Gasteiger partial charge is 0.507 e. The van der Waals surface area contributed by atoms with Crippen molar-refractivity contribution in [1.82, 2.24) is 15.3 Å². The standard InChI is InChI=1S/C20H21N5O3S/c26-17-4-2-1-3-15(17)12-21-24-19(27)23-20-22-16-6-5-14(11-18(16)29-20)13-25-7-9-28-10-8-25/h1-6,11-12,26H,7-10,13H2,(H2,22,23,24,27)/b21-12+. The first kappa shape index (κ1) is 19.3. The van der Waals surface area contributed by atoms with Gasteiger partial charge in [0.05, 0.1) is 29.6 Å². The number of benzene rings is 2. The molecular formula is C20H21N5O3S. The Balaban J connectivity index is 1.36. The van der Waals surface area contributed by atoms with Gasteiger partial charge < -0.3 is 9.84 Å². The lowest BCUT2D eigenvalue weighted by Crippen LogP contribution is -2.35. The number of anilines is 1. The number of amides is 2. The fourth-order valence-corrected chi connectivity index (χ4v) is 3.95. The number of morpholine rings is 1. The van der Waals surface area contributed by atoms with Gasteiger partial charge in [0.25, 0.3) is 0 Å². The maximum atomic E-state index is 12.0. The number of phenolic OH excluding ortho intramolecular Hbond substituents is 1. The lowest BCUT2D eigenvalue weighted by Gasteiger charge is -2.26. The summed E-state index contributed by atoms with van der Waals surface area (Å²) >= 11 is 1.42. The van der Waals surface area contributed by atoms with Crippen LogP contribution in [0.3, 0.4) is 0 Å². The van der Waals surface area contributed by atoms with Crippen LogP contribution in [-0.4, -0.2) is 53.5 Å². The Labute approximate surface area is 171 Å². The van der Waals surface area contributed by atoms with Crippen LogP contribution in [0.5, 0.6) is 5.75 Å². The van der Waals surface area contributed by atoms with Crippen molar-refractivity contribution in [2.24, 2.45) is 5.10 Å². The van der Waals surface area contributed by atoms with Gasteiger partial charge in [0.2, 0.25) is 0 Å². The minimum absolute atomic E-state index is 0.0949. The highest BCUT2D eigenvalue weighted by Crippen LogP contribution is 2.27. The number of ether oxygens (including phenoxy) is 1. The number of phenols is 1. The van der Waals surface area contributed by atoms with E-state index in [0.717, 1.165) is 43.1 Å². The molecule has 1 aliphatic rings. The smallest absolute Gasteiger partial charge is 0.341 e. The zero-order chi connectivity index (χ0) is 20.1. The number of hydrogen-bond donors (Lipinski definition) is 3. The molecule has 3 aromatic rings. The van der Waals surface area contributed by atoms with E-state index in [1.165, 1.54) is 23.1 Å². The molecule has 1 aromatic heterocycles. The number of aromatic nitrogens is 1. The number of nitrogens with one attached hydrogen (secondary N) is 2. The van der Waals surface area contributed by atoms with Crippen LogP contribution in [0.2, 0.25) is 0 Å². The van der Waals surface area contributed by atoms with E-state index < -0.39 is 6.03 Å². The van der Waals surface area contributed by atoms with Gasteiger partial charge >= 0.3 is 6.03 Å². The topological polar surface area (TPSA) is 99.1 Å². The number of aromatic hydroxyl groups is 1. The van der Waals surface area contributed by atoms with Crippen molar-refractivity contribution >= 4 is 38.9 Å². The summed E-state index contributed by atoms with van der Waals surface area (Å²) in [6.07, 6.45) is 1.38. The second-order valence-corrected chi connectivity index (χ2v) is 7.62. The van der Waals surface area contributed by atoms with Gasteiger partial charge in [0, 0.05) is 25.2 Å². The quantitative estimate of drug-likeness (QED) is 0.443. The third-order valence-corrected chi connectivity index (χ3v) is 5.42. The third kappa shape index (κ3) is 5.08. The number of hydrogen-bond acceptors (Lipinski definition) is 7. The van der Waals surface area contributed by atoms with Gasteiger partial charge in [-0.15, -0.1) is 0 Å². The number of rotatable bonds is 5. The molecule has 3 N–H and O–H groups in total. The Morgan fingerprint density at radius 3 is 2.93 bits per heavy atom.